The lowest BCUT2D eigenvalue weighted by Crippen LogP contribution is -2.54. The zero-order chi connectivity index (χ0) is 23.7. The van der Waals surface area contributed by atoms with Crippen molar-refractivity contribution in [2.45, 2.75) is 57.5 Å². The number of carbonyl (C=O) groups excluding carboxylic acids is 3. The number of benzene rings is 2. The van der Waals surface area contributed by atoms with E-state index in [-0.39, 0.29) is 34.8 Å². The van der Waals surface area contributed by atoms with Crippen LogP contribution >= 0.6 is 0 Å². The van der Waals surface area contributed by atoms with Gasteiger partial charge in [0.2, 0.25) is 0 Å². The molecule has 0 spiro atoms. The van der Waals surface area contributed by atoms with Crippen LogP contribution < -0.4 is 5.73 Å². The topological polar surface area (TPSA) is 83.7 Å². The summed E-state index contributed by atoms with van der Waals surface area (Å²) in [5.41, 5.74) is 8.26. The number of carbonyl (C=O) groups is 3. The quantitative estimate of drug-likeness (QED) is 0.463. The highest BCUT2D eigenvalue weighted by molar-refractivity contribution is 6.31. The summed E-state index contributed by atoms with van der Waals surface area (Å²) in [7, 11) is 0. The number of likely N-dealkylation sites (tertiary alicyclic amines) is 2. The first-order chi connectivity index (χ1) is 16.6. The van der Waals surface area contributed by atoms with Crippen LogP contribution in [-0.2, 0) is 0 Å². The number of ketones is 3. The number of hydrogen-bond acceptors (Lipinski definition) is 6. The Kier molecular flexibility index (Phi) is 6.61. The Hall–Kier alpha value is -2.83. The third kappa shape index (κ3) is 4.10. The maximum absolute atomic E-state index is 14.1. The fraction of sp³-hybridized carbons (Fsp3) is 0.464. The summed E-state index contributed by atoms with van der Waals surface area (Å²) < 4.78 is 0. The van der Waals surface area contributed by atoms with Gasteiger partial charge in [0, 0.05) is 48.4 Å². The largest absolute Gasteiger partial charge is 0.398 e. The van der Waals surface area contributed by atoms with Gasteiger partial charge in [0.15, 0.2) is 17.3 Å². The highest BCUT2D eigenvalue weighted by Gasteiger charge is 2.37. The van der Waals surface area contributed by atoms with Crippen LogP contribution in [0.25, 0.3) is 0 Å². The van der Waals surface area contributed by atoms with Crippen LogP contribution in [0.4, 0.5) is 5.69 Å². The van der Waals surface area contributed by atoms with E-state index in [1.807, 2.05) is 0 Å². The smallest absolute Gasteiger partial charge is 0.196 e. The molecule has 0 aromatic heterocycles. The van der Waals surface area contributed by atoms with Gasteiger partial charge in [-0.05, 0) is 37.8 Å². The number of nitrogens with zero attached hydrogens (tertiary/aromatic N) is 2. The average Bonchev–Trinajstić information content (AvgIpc) is 3.28. The molecule has 2 saturated heterocycles. The van der Waals surface area contributed by atoms with Gasteiger partial charge in [-0.1, -0.05) is 49.9 Å². The average molecular weight is 460 g/mol. The molecule has 2 fully saturated rings. The van der Waals surface area contributed by atoms with Gasteiger partial charge in [0.25, 0.3) is 0 Å². The van der Waals surface area contributed by atoms with Gasteiger partial charge in [-0.15, -0.1) is 0 Å². The van der Waals surface area contributed by atoms with Crippen LogP contribution in [0, 0.1) is 0 Å². The zero-order valence-electron chi connectivity index (χ0n) is 19.7. The molecule has 0 atom stereocenters. The predicted octanol–water partition coefficient (Wildman–Crippen LogP) is 4.31. The zero-order valence-corrected chi connectivity index (χ0v) is 19.7. The van der Waals surface area contributed by atoms with E-state index in [0.29, 0.717) is 22.3 Å². The highest BCUT2D eigenvalue weighted by Crippen LogP contribution is 2.34. The molecule has 0 amide bonds. The maximum Gasteiger partial charge on any atom is 0.196 e. The van der Waals surface area contributed by atoms with E-state index in [0.717, 1.165) is 51.9 Å². The van der Waals surface area contributed by atoms with Crippen LogP contribution in [0.2, 0.25) is 0 Å². The number of fused-ring (bicyclic) bond motifs is 2. The number of Topliss-reactive ketones (excluding diaryl/α,β-unsaturated/α-hetero) is 1. The monoisotopic (exact) mass is 459 g/mol. The molecule has 2 heterocycles. The van der Waals surface area contributed by atoms with E-state index >= 15 is 0 Å². The second kappa shape index (κ2) is 9.80. The van der Waals surface area contributed by atoms with Gasteiger partial charge in [-0.2, -0.15) is 0 Å². The fourth-order valence-electron chi connectivity index (χ4n) is 5.81. The van der Waals surface area contributed by atoms with E-state index in [2.05, 4.69) is 9.80 Å². The highest BCUT2D eigenvalue weighted by atomic mass is 16.1. The van der Waals surface area contributed by atoms with E-state index in [1.54, 1.807) is 36.4 Å². The minimum absolute atomic E-state index is 0.0526. The Morgan fingerprint density at radius 2 is 1.18 bits per heavy atom. The van der Waals surface area contributed by atoms with Crippen LogP contribution in [0.5, 0.6) is 0 Å². The summed E-state index contributed by atoms with van der Waals surface area (Å²) in [5, 5.41) is 0. The summed E-state index contributed by atoms with van der Waals surface area (Å²) >= 11 is 0. The molecule has 5 rings (SSSR count). The predicted molar refractivity (Wildman–Crippen MR) is 132 cm³/mol. The van der Waals surface area contributed by atoms with Crippen molar-refractivity contribution in [3.05, 3.63) is 64.2 Å². The minimum Gasteiger partial charge on any atom is -0.398 e. The SMILES string of the molecule is Nc1c(C(=O)C(N2CCCCCC2)N2CCCCCC2)ccc2c1C(=O)c1ccccc1C2=O. The summed E-state index contributed by atoms with van der Waals surface area (Å²) in [5.74, 6) is -0.547. The number of nitrogens with two attached hydrogens (primary N) is 1. The van der Waals surface area contributed by atoms with Gasteiger partial charge >= 0.3 is 0 Å². The molecular weight excluding hydrogens is 426 g/mol. The van der Waals surface area contributed by atoms with Crippen molar-refractivity contribution in [2.75, 3.05) is 31.9 Å². The molecule has 2 N–H and O–H groups in total. The molecule has 0 saturated carbocycles. The van der Waals surface area contributed by atoms with Crippen molar-refractivity contribution in [3.63, 3.8) is 0 Å². The number of anilines is 1. The molecule has 0 bridgehead atoms. The molecular formula is C28H33N3O3. The van der Waals surface area contributed by atoms with Gasteiger partial charge < -0.3 is 5.73 Å². The van der Waals surface area contributed by atoms with E-state index in [9.17, 15) is 14.4 Å². The van der Waals surface area contributed by atoms with Crippen LogP contribution in [-0.4, -0.2) is 59.5 Å². The fourth-order valence-corrected chi connectivity index (χ4v) is 5.81. The van der Waals surface area contributed by atoms with Gasteiger partial charge in [-0.3, -0.25) is 24.2 Å². The second-order valence-corrected chi connectivity index (χ2v) is 9.79. The molecule has 2 aromatic rings. The van der Waals surface area contributed by atoms with Crippen molar-refractivity contribution < 1.29 is 14.4 Å². The molecule has 2 aromatic carbocycles. The molecule has 6 heteroatoms. The summed E-state index contributed by atoms with van der Waals surface area (Å²) in [6.07, 6.45) is 8.72. The number of rotatable bonds is 4. The molecule has 3 aliphatic rings. The molecule has 1 aliphatic carbocycles. The van der Waals surface area contributed by atoms with Gasteiger partial charge in [0.1, 0.15) is 6.17 Å². The van der Waals surface area contributed by atoms with Crippen LogP contribution in [0.15, 0.2) is 36.4 Å². The Morgan fingerprint density at radius 1 is 0.676 bits per heavy atom. The first kappa shape index (κ1) is 22.9. The molecule has 6 nitrogen and oxygen atoms in total. The lowest BCUT2D eigenvalue weighted by atomic mass is 9.81. The van der Waals surface area contributed by atoms with E-state index in [1.165, 1.54) is 25.7 Å². The standard InChI is InChI=1S/C28H33N3O3/c29-24-22(14-13-21-23(24)26(33)20-12-6-5-11-19(20)25(21)32)27(34)28(30-15-7-1-2-8-16-30)31-17-9-3-4-10-18-31/h5-6,11-14,28H,1-4,7-10,15-18,29H2. The summed E-state index contributed by atoms with van der Waals surface area (Å²) in [6.45, 7) is 3.57. The van der Waals surface area contributed by atoms with E-state index in [4.69, 9.17) is 5.73 Å². The Balaban J connectivity index is 1.55. The Labute approximate surface area is 201 Å². The first-order valence-electron chi connectivity index (χ1n) is 12.7. The third-order valence-corrected chi connectivity index (χ3v) is 7.61. The Bertz CT molecular complexity index is 1090. The molecule has 34 heavy (non-hydrogen) atoms. The molecule has 0 radical (unpaired) electrons. The van der Waals surface area contributed by atoms with Crippen molar-refractivity contribution in [2.24, 2.45) is 0 Å². The lowest BCUT2D eigenvalue weighted by Gasteiger charge is -2.38. The van der Waals surface area contributed by atoms with E-state index < -0.39 is 0 Å². The molecule has 178 valence electrons. The molecule has 0 unspecified atom stereocenters. The maximum atomic E-state index is 14.1. The lowest BCUT2D eigenvalue weighted by molar-refractivity contribution is 0.0370. The Morgan fingerprint density at radius 3 is 1.71 bits per heavy atom. The molecule has 2 aliphatic heterocycles. The van der Waals surface area contributed by atoms with Gasteiger partial charge in [-0.25, -0.2) is 0 Å². The third-order valence-electron chi connectivity index (χ3n) is 7.61. The summed E-state index contributed by atoms with van der Waals surface area (Å²) in [6, 6.07) is 10.1. The van der Waals surface area contributed by atoms with Gasteiger partial charge in [0.05, 0.1) is 11.3 Å². The van der Waals surface area contributed by atoms with Crippen molar-refractivity contribution >= 4 is 23.0 Å². The summed E-state index contributed by atoms with van der Waals surface area (Å²) in [4.78, 5) is 45.2. The first-order valence-corrected chi connectivity index (χ1v) is 12.7. The van der Waals surface area contributed by atoms with Crippen molar-refractivity contribution in [1.29, 1.82) is 0 Å². The van der Waals surface area contributed by atoms with Crippen LogP contribution in [0.3, 0.4) is 0 Å². The number of hydrogen-bond donors (Lipinski definition) is 1. The van der Waals surface area contributed by atoms with Crippen LogP contribution in [0.1, 0.15) is 93.6 Å². The minimum atomic E-state index is -0.377. The van der Waals surface area contributed by atoms with Crippen molar-refractivity contribution in [1.82, 2.24) is 9.80 Å². The number of nitrogen functional groups attached to an aromatic ring is 1. The van der Waals surface area contributed by atoms with Crippen molar-refractivity contribution in [3.8, 4) is 0 Å². The normalized spacial score (nSPS) is 19.9. The second-order valence-electron chi connectivity index (χ2n) is 9.79.